The third-order valence-corrected chi connectivity index (χ3v) is 9.59. The van der Waals surface area contributed by atoms with Crippen LogP contribution in [0.3, 0.4) is 0 Å². The molecule has 1 N–H and O–H groups in total. The largest absolute Gasteiger partial charge is 0.352 e. The second kappa shape index (κ2) is 7.77. The Morgan fingerprint density at radius 1 is 1.24 bits per heavy atom. The van der Waals surface area contributed by atoms with Crippen LogP contribution in [0, 0.1) is 41.4 Å². The Balaban J connectivity index is 1.22. The van der Waals surface area contributed by atoms with E-state index in [0.717, 1.165) is 39.4 Å². The number of fused-ring (bicyclic) bond motifs is 3. The molecule has 4 aliphatic rings. The molecule has 4 aliphatic carbocycles. The fraction of sp³-hybridized carbons (Fsp3) is 0.519. The van der Waals surface area contributed by atoms with Gasteiger partial charge in [0.2, 0.25) is 5.91 Å². The molecule has 7 rings (SSSR count). The van der Waals surface area contributed by atoms with Crippen LogP contribution in [0.25, 0.3) is 16.7 Å². The quantitative estimate of drug-likeness (QED) is 0.514. The van der Waals surface area contributed by atoms with Crippen LogP contribution in [0.4, 0.5) is 0 Å². The first-order valence-electron chi connectivity index (χ1n) is 12.2. The van der Waals surface area contributed by atoms with Gasteiger partial charge in [0.1, 0.15) is 6.07 Å². The molecule has 1 unspecified atom stereocenters. The molecule has 0 spiro atoms. The molecule has 4 saturated carbocycles. The van der Waals surface area contributed by atoms with Gasteiger partial charge in [-0.3, -0.25) is 9.20 Å². The number of carbonyl (C=O) groups is 1. The number of hydrogen-bond donors (Lipinski definition) is 1. The molecule has 0 radical (unpaired) electrons. The number of hydrogen-bond acceptors (Lipinski definition) is 4. The maximum Gasteiger partial charge on any atom is 0.230 e. The average Bonchev–Trinajstić information content (AvgIpc) is 3.16. The Labute approximate surface area is 198 Å². The highest BCUT2D eigenvalue weighted by molar-refractivity contribution is 7.99. The minimum Gasteiger partial charge on any atom is -0.352 e. The van der Waals surface area contributed by atoms with Crippen LogP contribution in [0.15, 0.2) is 35.4 Å². The number of carbonyl (C=O) groups excluding carboxylic acids is 1. The fourth-order valence-electron chi connectivity index (χ4n) is 7.44. The molecule has 4 fully saturated rings. The van der Waals surface area contributed by atoms with E-state index in [9.17, 15) is 10.1 Å². The van der Waals surface area contributed by atoms with Crippen molar-refractivity contribution in [2.75, 3.05) is 5.75 Å². The molecule has 5 nitrogen and oxygen atoms in total. The van der Waals surface area contributed by atoms with Crippen molar-refractivity contribution in [2.24, 2.45) is 23.2 Å². The summed E-state index contributed by atoms with van der Waals surface area (Å²) in [5.74, 6) is 3.12. The summed E-state index contributed by atoms with van der Waals surface area (Å²) >= 11 is 1.53. The van der Waals surface area contributed by atoms with Crippen molar-refractivity contribution in [1.29, 1.82) is 5.26 Å². The van der Waals surface area contributed by atoms with Crippen molar-refractivity contribution < 1.29 is 4.79 Å². The second-order valence-electron chi connectivity index (χ2n) is 10.8. The van der Waals surface area contributed by atoms with Crippen molar-refractivity contribution in [2.45, 2.75) is 63.4 Å². The van der Waals surface area contributed by atoms with E-state index in [-0.39, 0.29) is 11.9 Å². The maximum absolute atomic E-state index is 13.1. The lowest BCUT2D eigenvalue weighted by atomic mass is 9.48. The van der Waals surface area contributed by atoms with E-state index in [1.54, 1.807) is 0 Å². The molecular weight excluding hydrogens is 428 g/mol. The Bertz CT molecular complexity index is 1270. The molecule has 1 amide bonds. The van der Waals surface area contributed by atoms with Crippen LogP contribution in [0.2, 0.25) is 0 Å². The molecule has 1 atom stereocenters. The van der Waals surface area contributed by atoms with Gasteiger partial charge in [-0.05, 0) is 99.3 Å². The van der Waals surface area contributed by atoms with E-state index in [2.05, 4.69) is 18.3 Å². The molecule has 6 heteroatoms. The molecule has 2 heterocycles. The first-order chi connectivity index (χ1) is 16.0. The van der Waals surface area contributed by atoms with Crippen LogP contribution in [0.5, 0.6) is 0 Å². The number of aromatic nitrogens is 2. The van der Waals surface area contributed by atoms with Crippen LogP contribution in [0.1, 0.15) is 56.6 Å². The van der Waals surface area contributed by atoms with Gasteiger partial charge in [0.15, 0.2) is 5.65 Å². The van der Waals surface area contributed by atoms with Gasteiger partial charge in [0, 0.05) is 6.04 Å². The van der Waals surface area contributed by atoms with E-state index in [1.807, 2.05) is 41.7 Å². The van der Waals surface area contributed by atoms with Crippen LogP contribution in [-0.4, -0.2) is 27.1 Å². The number of para-hydroxylation sites is 2. The molecule has 4 bridgehead atoms. The van der Waals surface area contributed by atoms with Gasteiger partial charge < -0.3 is 5.32 Å². The van der Waals surface area contributed by atoms with Gasteiger partial charge in [-0.1, -0.05) is 23.9 Å². The van der Waals surface area contributed by atoms with Gasteiger partial charge in [0.25, 0.3) is 0 Å². The standard InChI is InChI=1S/C27H30N4OS/c1-16-7-25(31-23-6-4-3-5-22(23)30-26(31)21(16)14-28)33-15-24(32)29-17(2)27-11-18-8-19(12-27)10-20(9-18)13-27/h3-7,17-20H,8-13,15H2,1-2H3,(H,29,32). The number of rotatable bonds is 5. The molecule has 33 heavy (non-hydrogen) atoms. The number of benzene rings is 1. The number of aryl methyl sites for hydroxylation is 1. The number of nitriles is 1. The Hall–Kier alpha value is -2.52. The zero-order chi connectivity index (χ0) is 22.7. The van der Waals surface area contributed by atoms with Gasteiger partial charge in [-0.25, -0.2) is 4.98 Å². The molecule has 2 aromatic heterocycles. The normalized spacial score (nSPS) is 28.8. The third kappa shape index (κ3) is 3.44. The minimum atomic E-state index is 0.0998. The van der Waals surface area contributed by atoms with Crippen molar-refractivity contribution in [1.82, 2.24) is 14.7 Å². The SMILES string of the molecule is Cc1cc(SCC(=O)NC(C)C23CC4CC(CC(C4)C2)C3)n2c(nc3ccccc32)c1C#N. The van der Waals surface area contributed by atoms with E-state index >= 15 is 0 Å². The molecule has 3 aromatic rings. The lowest BCUT2D eigenvalue weighted by molar-refractivity contribution is -0.123. The number of nitrogens with zero attached hydrogens (tertiary/aromatic N) is 3. The minimum absolute atomic E-state index is 0.0998. The number of pyridine rings is 1. The lowest BCUT2D eigenvalue weighted by Crippen LogP contribution is -2.56. The number of thioether (sulfide) groups is 1. The lowest BCUT2D eigenvalue weighted by Gasteiger charge is -2.59. The van der Waals surface area contributed by atoms with Gasteiger partial charge in [-0.15, -0.1) is 0 Å². The Morgan fingerprint density at radius 3 is 2.58 bits per heavy atom. The molecule has 0 aliphatic heterocycles. The zero-order valence-electron chi connectivity index (χ0n) is 19.3. The Morgan fingerprint density at radius 2 is 1.91 bits per heavy atom. The highest BCUT2D eigenvalue weighted by Crippen LogP contribution is 2.61. The van der Waals surface area contributed by atoms with Crippen molar-refractivity contribution in [3.63, 3.8) is 0 Å². The van der Waals surface area contributed by atoms with E-state index in [1.165, 1.54) is 50.3 Å². The number of imidazole rings is 1. The summed E-state index contributed by atoms with van der Waals surface area (Å²) < 4.78 is 2.03. The van der Waals surface area contributed by atoms with Crippen molar-refractivity contribution in [3.8, 4) is 6.07 Å². The van der Waals surface area contributed by atoms with Gasteiger partial charge in [0.05, 0.1) is 27.4 Å². The number of nitrogens with one attached hydrogen (secondary N) is 1. The van der Waals surface area contributed by atoms with E-state index in [4.69, 9.17) is 4.98 Å². The monoisotopic (exact) mass is 458 g/mol. The number of amides is 1. The highest BCUT2D eigenvalue weighted by Gasteiger charge is 2.53. The topological polar surface area (TPSA) is 70.2 Å². The summed E-state index contributed by atoms with van der Waals surface area (Å²) in [5, 5.41) is 14.0. The fourth-order valence-corrected chi connectivity index (χ4v) is 8.38. The summed E-state index contributed by atoms with van der Waals surface area (Å²) in [6, 6.07) is 12.5. The molecule has 0 saturated heterocycles. The van der Waals surface area contributed by atoms with E-state index < -0.39 is 0 Å². The Kier molecular flexibility index (Phi) is 4.95. The predicted octanol–water partition coefficient (Wildman–Crippen LogP) is 5.48. The smallest absolute Gasteiger partial charge is 0.230 e. The zero-order valence-corrected chi connectivity index (χ0v) is 20.1. The molecule has 170 valence electrons. The van der Waals surface area contributed by atoms with Gasteiger partial charge >= 0.3 is 0 Å². The molecule has 1 aromatic carbocycles. The first kappa shape index (κ1) is 21.0. The van der Waals surface area contributed by atoms with Crippen LogP contribution in [-0.2, 0) is 4.79 Å². The maximum atomic E-state index is 13.1. The molecular formula is C27H30N4OS. The van der Waals surface area contributed by atoms with Crippen LogP contribution >= 0.6 is 11.8 Å². The summed E-state index contributed by atoms with van der Waals surface area (Å²) in [6.45, 7) is 4.18. The summed E-state index contributed by atoms with van der Waals surface area (Å²) in [4.78, 5) is 17.8. The van der Waals surface area contributed by atoms with Gasteiger partial charge in [-0.2, -0.15) is 5.26 Å². The highest BCUT2D eigenvalue weighted by atomic mass is 32.2. The first-order valence-corrected chi connectivity index (χ1v) is 13.2. The second-order valence-corrected chi connectivity index (χ2v) is 11.8. The summed E-state index contributed by atoms with van der Waals surface area (Å²) in [7, 11) is 0. The average molecular weight is 459 g/mol. The summed E-state index contributed by atoms with van der Waals surface area (Å²) in [6.07, 6.45) is 8.15. The van der Waals surface area contributed by atoms with Crippen LogP contribution < -0.4 is 5.32 Å². The van der Waals surface area contributed by atoms with Crippen molar-refractivity contribution >= 4 is 34.3 Å². The van der Waals surface area contributed by atoms with E-state index in [0.29, 0.717) is 22.4 Å². The third-order valence-electron chi connectivity index (χ3n) is 8.58. The van der Waals surface area contributed by atoms with Crippen molar-refractivity contribution in [3.05, 3.63) is 41.5 Å². The predicted molar refractivity (Wildman–Crippen MR) is 131 cm³/mol. The summed E-state index contributed by atoms with van der Waals surface area (Å²) in [5.41, 5.74) is 4.30.